The SMILES string of the molecule is CC(C)N(C)Cc1cc(-c2cnccn2)ccc1O. The van der Waals surface area contributed by atoms with Gasteiger partial charge in [0.1, 0.15) is 5.75 Å². The highest BCUT2D eigenvalue weighted by molar-refractivity contribution is 5.60. The van der Waals surface area contributed by atoms with Crippen molar-refractivity contribution in [2.24, 2.45) is 0 Å². The largest absolute Gasteiger partial charge is 0.508 e. The number of aromatic nitrogens is 2. The van der Waals surface area contributed by atoms with Gasteiger partial charge in [-0.2, -0.15) is 0 Å². The maximum Gasteiger partial charge on any atom is 0.120 e. The van der Waals surface area contributed by atoms with E-state index in [1.165, 1.54) is 0 Å². The van der Waals surface area contributed by atoms with Crippen LogP contribution >= 0.6 is 0 Å². The molecule has 2 rings (SSSR count). The highest BCUT2D eigenvalue weighted by Gasteiger charge is 2.10. The average molecular weight is 257 g/mol. The van der Waals surface area contributed by atoms with Crippen LogP contribution in [0.2, 0.25) is 0 Å². The highest BCUT2D eigenvalue weighted by atomic mass is 16.3. The van der Waals surface area contributed by atoms with Crippen LogP contribution in [-0.4, -0.2) is 33.1 Å². The van der Waals surface area contributed by atoms with Gasteiger partial charge in [-0.15, -0.1) is 0 Å². The summed E-state index contributed by atoms with van der Waals surface area (Å²) in [7, 11) is 2.04. The molecule has 1 heterocycles. The van der Waals surface area contributed by atoms with Gasteiger partial charge in [-0.25, -0.2) is 0 Å². The molecule has 0 aliphatic heterocycles. The molecule has 0 amide bonds. The Morgan fingerprint density at radius 1 is 1.26 bits per heavy atom. The van der Waals surface area contributed by atoms with E-state index in [9.17, 15) is 5.11 Å². The van der Waals surface area contributed by atoms with E-state index in [1.54, 1.807) is 24.7 Å². The molecule has 0 aliphatic carbocycles. The van der Waals surface area contributed by atoms with E-state index in [2.05, 4.69) is 28.7 Å². The summed E-state index contributed by atoms with van der Waals surface area (Å²) in [6.45, 7) is 4.96. The van der Waals surface area contributed by atoms with Crippen molar-refractivity contribution < 1.29 is 5.11 Å². The zero-order valence-electron chi connectivity index (χ0n) is 11.5. The van der Waals surface area contributed by atoms with Crippen molar-refractivity contribution in [3.05, 3.63) is 42.4 Å². The molecule has 0 atom stereocenters. The van der Waals surface area contributed by atoms with Gasteiger partial charge in [-0.3, -0.25) is 14.9 Å². The Kier molecular flexibility index (Phi) is 4.12. The Hall–Kier alpha value is -1.94. The van der Waals surface area contributed by atoms with E-state index < -0.39 is 0 Å². The Morgan fingerprint density at radius 3 is 2.68 bits per heavy atom. The normalized spacial score (nSPS) is 11.2. The van der Waals surface area contributed by atoms with E-state index in [0.717, 1.165) is 16.8 Å². The van der Waals surface area contributed by atoms with Crippen LogP contribution in [0, 0.1) is 0 Å². The van der Waals surface area contributed by atoms with E-state index in [-0.39, 0.29) is 0 Å². The summed E-state index contributed by atoms with van der Waals surface area (Å²) < 4.78 is 0. The number of phenolic OH excluding ortho intramolecular Hbond substituents is 1. The lowest BCUT2D eigenvalue weighted by Gasteiger charge is -2.21. The third kappa shape index (κ3) is 3.29. The van der Waals surface area contributed by atoms with Crippen LogP contribution in [0.4, 0.5) is 0 Å². The summed E-state index contributed by atoms with van der Waals surface area (Å²) in [6, 6.07) is 5.98. The van der Waals surface area contributed by atoms with Gasteiger partial charge in [0.25, 0.3) is 0 Å². The molecule has 1 aromatic heterocycles. The molecule has 1 aromatic carbocycles. The van der Waals surface area contributed by atoms with Crippen molar-refractivity contribution in [1.29, 1.82) is 0 Å². The van der Waals surface area contributed by atoms with Crippen LogP contribution in [-0.2, 0) is 6.54 Å². The van der Waals surface area contributed by atoms with Crippen molar-refractivity contribution in [2.75, 3.05) is 7.05 Å². The Labute approximate surface area is 113 Å². The van der Waals surface area contributed by atoms with Crippen LogP contribution in [0.1, 0.15) is 19.4 Å². The van der Waals surface area contributed by atoms with E-state index in [4.69, 9.17) is 0 Å². The number of hydrogen-bond acceptors (Lipinski definition) is 4. The summed E-state index contributed by atoms with van der Waals surface area (Å²) in [6.07, 6.45) is 5.04. The molecule has 1 N–H and O–H groups in total. The molecule has 2 aromatic rings. The first-order valence-corrected chi connectivity index (χ1v) is 6.36. The summed E-state index contributed by atoms with van der Waals surface area (Å²) in [4.78, 5) is 10.5. The predicted molar refractivity (Wildman–Crippen MR) is 75.7 cm³/mol. The summed E-state index contributed by atoms with van der Waals surface area (Å²) in [5.41, 5.74) is 2.69. The number of benzene rings is 1. The van der Waals surface area contributed by atoms with E-state index in [0.29, 0.717) is 18.3 Å². The molecule has 0 bridgehead atoms. The highest BCUT2D eigenvalue weighted by Crippen LogP contribution is 2.25. The van der Waals surface area contributed by atoms with E-state index in [1.807, 2.05) is 19.2 Å². The molecule has 0 fully saturated rings. The van der Waals surface area contributed by atoms with Gasteiger partial charge in [0, 0.05) is 36.1 Å². The lowest BCUT2D eigenvalue weighted by molar-refractivity contribution is 0.262. The first-order valence-electron chi connectivity index (χ1n) is 6.36. The molecule has 0 radical (unpaired) electrons. The fraction of sp³-hybridized carbons (Fsp3) is 0.333. The van der Waals surface area contributed by atoms with Crippen LogP contribution < -0.4 is 0 Å². The quantitative estimate of drug-likeness (QED) is 0.915. The van der Waals surface area contributed by atoms with Crippen LogP contribution in [0.15, 0.2) is 36.8 Å². The predicted octanol–water partition coefficient (Wildman–Crippen LogP) is 2.69. The second-order valence-electron chi connectivity index (χ2n) is 4.94. The molecule has 19 heavy (non-hydrogen) atoms. The third-order valence-corrected chi connectivity index (χ3v) is 3.24. The average Bonchev–Trinajstić information content (AvgIpc) is 2.42. The van der Waals surface area contributed by atoms with Gasteiger partial charge in [-0.05, 0) is 39.1 Å². The summed E-state index contributed by atoms with van der Waals surface area (Å²) >= 11 is 0. The topological polar surface area (TPSA) is 49.2 Å². The maximum atomic E-state index is 9.95. The van der Waals surface area contributed by atoms with Crippen LogP contribution in [0.25, 0.3) is 11.3 Å². The molecule has 100 valence electrons. The molecule has 0 aliphatic rings. The molecule has 4 heteroatoms. The van der Waals surface area contributed by atoms with Gasteiger partial charge in [0.2, 0.25) is 0 Å². The molecular weight excluding hydrogens is 238 g/mol. The fourth-order valence-corrected chi connectivity index (χ4v) is 1.77. The lowest BCUT2D eigenvalue weighted by Crippen LogP contribution is -2.25. The fourth-order valence-electron chi connectivity index (χ4n) is 1.77. The number of phenols is 1. The number of nitrogens with zero attached hydrogens (tertiary/aromatic N) is 3. The number of hydrogen-bond donors (Lipinski definition) is 1. The third-order valence-electron chi connectivity index (χ3n) is 3.24. The van der Waals surface area contributed by atoms with Crippen LogP contribution in [0.5, 0.6) is 5.75 Å². The second kappa shape index (κ2) is 5.80. The smallest absolute Gasteiger partial charge is 0.120 e. The van der Waals surface area contributed by atoms with E-state index >= 15 is 0 Å². The molecule has 0 spiro atoms. The zero-order valence-corrected chi connectivity index (χ0v) is 11.5. The summed E-state index contributed by atoms with van der Waals surface area (Å²) in [5.74, 6) is 0.320. The Bertz CT molecular complexity index is 540. The van der Waals surface area contributed by atoms with Crippen LogP contribution in [0.3, 0.4) is 0 Å². The number of rotatable bonds is 4. The molecule has 0 unspecified atom stereocenters. The monoisotopic (exact) mass is 257 g/mol. The number of aromatic hydroxyl groups is 1. The summed E-state index contributed by atoms with van der Waals surface area (Å²) in [5, 5.41) is 9.95. The molecule has 0 saturated carbocycles. The Balaban J connectivity index is 2.30. The minimum Gasteiger partial charge on any atom is -0.508 e. The molecule has 0 saturated heterocycles. The molecular formula is C15H19N3O. The standard InChI is InChI=1S/C15H19N3O/c1-11(2)18(3)10-13-8-12(4-5-15(13)19)14-9-16-6-7-17-14/h4-9,11,19H,10H2,1-3H3. The van der Waals surface area contributed by atoms with Gasteiger partial charge in [0.05, 0.1) is 11.9 Å². The first-order chi connectivity index (χ1) is 9.08. The first kappa shape index (κ1) is 13.5. The van der Waals surface area contributed by atoms with Gasteiger partial charge in [0.15, 0.2) is 0 Å². The van der Waals surface area contributed by atoms with Crippen molar-refractivity contribution in [3.8, 4) is 17.0 Å². The lowest BCUT2D eigenvalue weighted by atomic mass is 10.1. The van der Waals surface area contributed by atoms with Crippen molar-refractivity contribution in [1.82, 2.24) is 14.9 Å². The van der Waals surface area contributed by atoms with Crippen molar-refractivity contribution in [3.63, 3.8) is 0 Å². The van der Waals surface area contributed by atoms with Crippen molar-refractivity contribution >= 4 is 0 Å². The van der Waals surface area contributed by atoms with Gasteiger partial charge < -0.3 is 5.11 Å². The Morgan fingerprint density at radius 2 is 2.05 bits per heavy atom. The zero-order chi connectivity index (χ0) is 13.8. The second-order valence-corrected chi connectivity index (χ2v) is 4.94. The molecule has 4 nitrogen and oxygen atoms in total. The van der Waals surface area contributed by atoms with Gasteiger partial charge in [-0.1, -0.05) is 0 Å². The maximum absolute atomic E-state index is 9.95. The van der Waals surface area contributed by atoms with Crippen molar-refractivity contribution in [2.45, 2.75) is 26.4 Å². The minimum atomic E-state index is 0.320. The van der Waals surface area contributed by atoms with Gasteiger partial charge >= 0.3 is 0 Å². The minimum absolute atomic E-state index is 0.320.